The van der Waals surface area contributed by atoms with Crippen molar-refractivity contribution in [2.45, 2.75) is 19.4 Å². The summed E-state index contributed by atoms with van der Waals surface area (Å²) in [5.74, 6) is 0.0560. The maximum atomic E-state index is 13.2. The highest BCUT2D eigenvalue weighted by atomic mass is 16.3. The van der Waals surface area contributed by atoms with Gasteiger partial charge >= 0.3 is 0 Å². The number of para-hydroxylation sites is 1. The lowest BCUT2D eigenvalue weighted by Crippen LogP contribution is -2.26. The molecule has 0 saturated carbocycles. The van der Waals surface area contributed by atoms with Crippen LogP contribution in [0, 0.1) is 5.92 Å². The maximum Gasteiger partial charge on any atom is 0.167 e. The number of nitrogens with one attached hydrogen (secondary N) is 1. The molecule has 0 fully saturated rings. The molecule has 1 aliphatic rings. The molecule has 156 valence electrons. The lowest BCUT2D eigenvalue weighted by Gasteiger charge is -2.23. The average molecular weight is 405 g/mol. The smallest absolute Gasteiger partial charge is 0.167 e. The number of carbonyl (C=O) groups is 1. The molecule has 3 aromatic rings. The molecule has 2 aromatic heterocycles. The molecule has 0 saturated heterocycles. The summed E-state index contributed by atoms with van der Waals surface area (Å²) in [6.45, 7) is 1.63. The predicted octanol–water partition coefficient (Wildman–Crippen LogP) is 3.59. The minimum Gasteiger partial charge on any atom is -0.396 e. The zero-order chi connectivity index (χ0) is 21.1. The second kappa shape index (κ2) is 8.81. The van der Waals surface area contributed by atoms with Crippen LogP contribution in [0.1, 0.15) is 22.5 Å². The Morgan fingerprint density at radius 1 is 1.13 bits per heavy atom. The number of benzene rings is 1. The van der Waals surface area contributed by atoms with E-state index in [4.69, 9.17) is 0 Å². The number of aliphatic hydroxyl groups is 1. The van der Waals surface area contributed by atoms with Crippen LogP contribution in [0.25, 0.3) is 11.3 Å². The standard InChI is InChI=1S/C24H28N4O2/c1-27(2)12-13-28-20-14-17(16-29)15-21(30)22(20)23(26-19-6-4-3-5-7-19)24(28)18-8-10-25-11-9-18/h3-11,17,26,29H,12-16H2,1-2H3. The summed E-state index contributed by atoms with van der Waals surface area (Å²) in [5.41, 5.74) is 5.58. The number of rotatable bonds is 7. The number of nitrogens with zero attached hydrogens (tertiary/aromatic N) is 3. The lowest BCUT2D eigenvalue weighted by atomic mass is 9.86. The van der Waals surface area contributed by atoms with Gasteiger partial charge in [-0.2, -0.15) is 0 Å². The van der Waals surface area contributed by atoms with Crippen molar-refractivity contribution >= 4 is 17.2 Å². The van der Waals surface area contributed by atoms with Crippen LogP contribution in [0.15, 0.2) is 54.9 Å². The van der Waals surface area contributed by atoms with E-state index in [1.54, 1.807) is 12.4 Å². The highest BCUT2D eigenvalue weighted by molar-refractivity contribution is 6.07. The van der Waals surface area contributed by atoms with Gasteiger partial charge in [0.15, 0.2) is 5.78 Å². The third-order valence-corrected chi connectivity index (χ3v) is 5.63. The molecule has 0 bridgehead atoms. The molecule has 1 atom stereocenters. The van der Waals surface area contributed by atoms with E-state index in [0.717, 1.165) is 47.0 Å². The summed E-state index contributed by atoms with van der Waals surface area (Å²) in [6.07, 6.45) is 4.63. The Hall–Kier alpha value is -2.96. The van der Waals surface area contributed by atoms with Gasteiger partial charge in [-0.05, 0) is 50.7 Å². The van der Waals surface area contributed by atoms with Gasteiger partial charge in [0.05, 0.1) is 16.9 Å². The van der Waals surface area contributed by atoms with E-state index in [-0.39, 0.29) is 18.3 Å². The van der Waals surface area contributed by atoms with Crippen molar-refractivity contribution in [3.63, 3.8) is 0 Å². The third-order valence-electron chi connectivity index (χ3n) is 5.63. The normalized spacial score (nSPS) is 16.0. The number of ketones is 1. The van der Waals surface area contributed by atoms with Crippen LogP contribution in [0.2, 0.25) is 0 Å². The molecule has 1 unspecified atom stereocenters. The number of pyridine rings is 1. The minimum absolute atomic E-state index is 0.0239. The van der Waals surface area contributed by atoms with Gasteiger partial charge in [-0.25, -0.2) is 0 Å². The van der Waals surface area contributed by atoms with Gasteiger partial charge in [0, 0.05) is 55.5 Å². The summed E-state index contributed by atoms with van der Waals surface area (Å²) < 4.78 is 2.26. The van der Waals surface area contributed by atoms with Gasteiger partial charge < -0.3 is 19.9 Å². The van der Waals surface area contributed by atoms with Crippen molar-refractivity contribution in [2.24, 2.45) is 5.92 Å². The lowest BCUT2D eigenvalue weighted by molar-refractivity contribution is 0.0917. The summed E-state index contributed by atoms with van der Waals surface area (Å²) >= 11 is 0. The predicted molar refractivity (Wildman–Crippen MR) is 119 cm³/mol. The highest BCUT2D eigenvalue weighted by Crippen LogP contribution is 2.42. The van der Waals surface area contributed by atoms with Gasteiger partial charge in [-0.3, -0.25) is 9.78 Å². The van der Waals surface area contributed by atoms with Crippen LogP contribution in [0.4, 0.5) is 11.4 Å². The fourth-order valence-electron chi connectivity index (χ4n) is 4.16. The van der Waals surface area contributed by atoms with Crippen molar-refractivity contribution in [3.05, 3.63) is 66.1 Å². The number of hydrogen-bond donors (Lipinski definition) is 2. The molecule has 1 aromatic carbocycles. The molecule has 30 heavy (non-hydrogen) atoms. The molecule has 6 heteroatoms. The summed E-state index contributed by atoms with van der Waals surface area (Å²) in [6, 6.07) is 13.9. The quantitative estimate of drug-likeness (QED) is 0.630. The number of hydrogen-bond acceptors (Lipinski definition) is 5. The van der Waals surface area contributed by atoms with Crippen LogP contribution in [-0.4, -0.2) is 52.6 Å². The number of Topliss-reactive ketones (excluding diaryl/α,β-unsaturated/α-hetero) is 1. The molecule has 0 amide bonds. The van der Waals surface area contributed by atoms with Gasteiger partial charge in [-0.15, -0.1) is 0 Å². The van der Waals surface area contributed by atoms with E-state index < -0.39 is 0 Å². The van der Waals surface area contributed by atoms with E-state index in [1.165, 1.54) is 0 Å². The fraction of sp³-hybridized carbons (Fsp3) is 0.333. The Morgan fingerprint density at radius 3 is 2.53 bits per heavy atom. The highest BCUT2D eigenvalue weighted by Gasteiger charge is 2.34. The number of fused-ring (bicyclic) bond motifs is 1. The van der Waals surface area contributed by atoms with Crippen LogP contribution in [-0.2, 0) is 13.0 Å². The molecular weight excluding hydrogens is 376 g/mol. The Labute approximate surface area is 177 Å². The number of carbonyl (C=O) groups excluding carboxylic acids is 1. The minimum atomic E-state index is -0.0344. The number of aromatic nitrogens is 2. The van der Waals surface area contributed by atoms with Crippen molar-refractivity contribution in [1.82, 2.24) is 14.5 Å². The summed E-state index contributed by atoms with van der Waals surface area (Å²) in [4.78, 5) is 19.5. The van der Waals surface area contributed by atoms with Crippen LogP contribution < -0.4 is 5.32 Å². The van der Waals surface area contributed by atoms with Gasteiger partial charge in [0.25, 0.3) is 0 Å². The molecule has 4 rings (SSSR count). The first kappa shape index (κ1) is 20.3. The largest absolute Gasteiger partial charge is 0.396 e. The van der Waals surface area contributed by atoms with Crippen molar-refractivity contribution in [1.29, 1.82) is 0 Å². The molecule has 0 aliphatic heterocycles. The second-order valence-electron chi connectivity index (χ2n) is 8.11. The van der Waals surface area contributed by atoms with Gasteiger partial charge in [0.2, 0.25) is 0 Å². The topological polar surface area (TPSA) is 70.4 Å². The molecule has 6 nitrogen and oxygen atoms in total. The van der Waals surface area contributed by atoms with E-state index in [1.807, 2.05) is 56.6 Å². The summed E-state index contributed by atoms with van der Waals surface area (Å²) in [7, 11) is 4.10. The fourth-order valence-corrected chi connectivity index (χ4v) is 4.16. The Bertz CT molecular complexity index is 1010. The first-order chi connectivity index (χ1) is 14.6. The third kappa shape index (κ3) is 4.01. The van der Waals surface area contributed by atoms with Crippen LogP contribution in [0.5, 0.6) is 0 Å². The van der Waals surface area contributed by atoms with Crippen LogP contribution >= 0.6 is 0 Å². The van der Waals surface area contributed by atoms with Gasteiger partial charge in [-0.1, -0.05) is 18.2 Å². The second-order valence-corrected chi connectivity index (χ2v) is 8.11. The summed E-state index contributed by atoms with van der Waals surface area (Å²) in [5, 5.41) is 13.3. The number of aliphatic hydroxyl groups excluding tert-OH is 1. The molecule has 0 radical (unpaired) electrons. The maximum absolute atomic E-state index is 13.2. The average Bonchev–Trinajstić information content (AvgIpc) is 3.07. The van der Waals surface area contributed by atoms with Crippen molar-refractivity contribution < 1.29 is 9.90 Å². The van der Waals surface area contributed by atoms with E-state index in [0.29, 0.717) is 12.8 Å². The zero-order valence-electron chi connectivity index (χ0n) is 17.5. The van der Waals surface area contributed by atoms with Crippen molar-refractivity contribution in [3.8, 4) is 11.3 Å². The van der Waals surface area contributed by atoms with E-state index >= 15 is 0 Å². The molecule has 2 N–H and O–H groups in total. The Kier molecular flexibility index (Phi) is 5.97. The molecular formula is C24H28N4O2. The van der Waals surface area contributed by atoms with Crippen LogP contribution in [0.3, 0.4) is 0 Å². The molecule has 0 spiro atoms. The monoisotopic (exact) mass is 404 g/mol. The van der Waals surface area contributed by atoms with E-state index in [9.17, 15) is 9.90 Å². The molecule has 2 heterocycles. The first-order valence-corrected chi connectivity index (χ1v) is 10.3. The SMILES string of the molecule is CN(C)CCn1c2c(c(Nc3ccccc3)c1-c1ccncc1)C(=O)CC(CO)C2. The first-order valence-electron chi connectivity index (χ1n) is 10.3. The van der Waals surface area contributed by atoms with Gasteiger partial charge in [0.1, 0.15) is 0 Å². The number of likely N-dealkylation sites (N-methyl/N-ethyl adjacent to an activating group) is 1. The Balaban J connectivity index is 1.93. The van der Waals surface area contributed by atoms with Crippen molar-refractivity contribution in [2.75, 3.05) is 32.6 Å². The number of anilines is 2. The van der Waals surface area contributed by atoms with E-state index in [2.05, 4.69) is 19.8 Å². The molecule has 1 aliphatic carbocycles. The zero-order valence-corrected chi connectivity index (χ0v) is 17.5. The Morgan fingerprint density at radius 2 is 1.87 bits per heavy atom.